The molecule has 0 saturated carbocycles. The van der Waals surface area contributed by atoms with Gasteiger partial charge in [0.25, 0.3) is 0 Å². The molecule has 0 unspecified atom stereocenters. The van der Waals surface area contributed by atoms with Crippen LogP contribution in [0.5, 0.6) is 11.5 Å². The number of thioether (sulfide) groups is 4. The summed E-state index contributed by atoms with van der Waals surface area (Å²) >= 11 is 6.85. The Morgan fingerprint density at radius 1 is 0.250 bits per heavy atom. The lowest BCUT2D eigenvalue weighted by Gasteiger charge is -2.36. The van der Waals surface area contributed by atoms with Crippen LogP contribution in [0.3, 0.4) is 0 Å². The highest BCUT2D eigenvalue weighted by Gasteiger charge is 2.41. The van der Waals surface area contributed by atoms with Crippen LogP contribution < -0.4 is 32.4 Å². The number of benzene rings is 11. The van der Waals surface area contributed by atoms with E-state index in [1.807, 2.05) is 127 Å². The lowest BCUT2D eigenvalue weighted by molar-refractivity contribution is 0.264. The first-order valence-electron chi connectivity index (χ1n) is 33.3. The van der Waals surface area contributed by atoms with E-state index in [0.717, 1.165) is 33.8 Å². The first-order valence-corrected chi connectivity index (χ1v) is 37.3. The predicted molar refractivity (Wildman–Crippen MR) is 422 cm³/mol. The fourth-order valence-corrected chi connectivity index (χ4v) is 17.5. The predicted octanol–water partition coefficient (Wildman–Crippen LogP) is 14.1. The summed E-state index contributed by atoms with van der Waals surface area (Å²) in [4.78, 5) is 0. The maximum atomic E-state index is 10.1. The molecular formula is C85H94N4O7S4. The Labute approximate surface area is 608 Å². The van der Waals surface area contributed by atoms with Crippen LogP contribution in [0, 0.1) is 0 Å². The Kier molecular flexibility index (Phi) is 31.5. The Morgan fingerprint density at radius 3 is 0.590 bits per heavy atom. The topological polar surface area (TPSA) is 224 Å². The van der Waals surface area contributed by atoms with Crippen LogP contribution in [0.1, 0.15) is 61.2 Å². The molecule has 0 heterocycles. The molecule has 0 fully saturated rings. The molecule has 0 amide bonds. The zero-order valence-corrected chi connectivity index (χ0v) is 60.0. The number of rotatable bonds is 30. The number of nitrogens with two attached hydrogens (primary N) is 4. The van der Waals surface area contributed by atoms with Gasteiger partial charge in [0.15, 0.2) is 0 Å². The van der Waals surface area contributed by atoms with Crippen molar-refractivity contribution in [2.75, 3.05) is 70.3 Å². The summed E-state index contributed by atoms with van der Waals surface area (Å²) in [5.74, 6) is 4.14. The summed E-state index contributed by atoms with van der Waals surface area (Å²) in [6.07, 6.45) is 0. The number of aliphatic hydroxyl groups excluding tert-OH is 5. The third-order valence-electron chi connectivity index (χ3n) is 17.0. The molecule has 0 aliphatic heterocycles. The van der Waals surface area contributed by atoms with Crippen molar-refractivity contribution in [1.82, 2.24) is 0 Å². The van der Waals surface area contributed by atoms with Crippen molar-refractivity contribution >= 4 is 47.0 Å². The highest BCUT2D eigenvalue weighted by molar-refractivity contribution is 8.01. The summed E-state index contributed by atoms with van der Waals surface area (Å²) in [6, 6.07) is 108. The van der Waals surface area contributed by atoms with E-state index in [1.165, 1.54) is 38.9 Å². The van der Waals surface area contributed by atoms with E-state index in [2.05, 4.69) is 194 Å². The molecule has 0 saturated heterocycles. The van der Waals surface area contributed by atoms with E-state index in [0.29, 0.717) is 23.0 Å². The van der Waals surface area contributed by atoms with E-state index < -0.39 is 14.2 Å². The molecule has 0 aromatic heterocycles. The fourth-order valence-electron chi connectivity index (χ4n) is 11.7. The maximum absolute atomic E-state index is 10.1. The first kappa shape index (κ1) is 77.8. The molecule has 0 radical (unpaired) electrons. The number of hydrogen-bond acceptors (Lipinski definition) is 15. The molecule has 15 heteroatoms. The molecular weight excluding hydrogens is 1320 g/mol. The number of hydrogen-bond donors (Lipinski definition) is 9. The van der Waals surface area contributed by atoms with Gasteiger partial charge in [0.05, 0.1) is 66.2 Å². The van der Waals surface area contributed by atoms with Crippen LogP contribution in [0.2, 0.25) is 0 Å². The van der Waals surface area contributed by atoms with E-state index in [9.17, 15) is 20.4 Å². The summed E-state index contributed by atoms with van der Waals surface area (Å²) in [7, 11) is 3.34. The molecule has 0 spiro atoms. The Morgan fingerprint density at radius 2 is 0.420 bits per heavy atom. The van der Waals surface area contributed by atoms with Crippen molar-refractivity contribution in [3.8, 4) is 11.5 Å². The van der Waals surface area contributed by atoms with Gasteiger partial charge in [-0.1, -0.05) is 297 Å². The van der Waals surface area contributed by atoms with Crippen molar-refractivity contribution in [1.29, 1.82) is 0 Å². The molecule has 11 aromatic rings. The van der Waals surface area contributed by atoms with Gasteiger partial charge in [-0.25, -0.2) is 0 Å². The third-order valence-corrected chi connectivity index (χ3v) is 23.9. The average molecular weight is 1410 g/mol. The van der Waals surface area contributed by atoms with Crippen LogP contribution in [-0.2, 0) is 19.0 Å². The van der Waals surface area contributed by atoms with Crippen molar-refractivity contribution in [3.05, 3.63) is 383 Å². The van der Waals surface area contributed by atoms with Crippen molar-refractivity contribution < 1.29 is 35.0 Å². The SMILES string of the molecule is COc1ccc(C(SC[C@@H](N)CO)(c2ccccc2)c2ccccc2)cc1.COc1ccc(C(SC[C@H](N)CO)(c2ccccc2)c2ccccc2)cc1.N[C@H](CO)CSC(CO)(c1ccccc1)c1ccccc1.N[C@H](CO)CSC(c1ccccc1)(c1ccccc1)c1ccccc1. The Hall–Kier alpha value is -7.94. The van der Waals surface area contributed by atoms with Gasteiger partial charge in [-0.05, 0) is 85.5 Å². The van der Waals surface area contributed by atoms with Gasteiger partial charge in [0.2, 0.25) is 0 Å². The molecule has 11 nitrogen and oxygen atoms in total. The second kappa shape index (κ2) is 40.5. The van der Waals surface area contributed by atoms with E-state index in [4.69, 9.17) is 37.5 Å². The van der Waals surface area contributed by atoms with Crippen molar-refractivity contribution in [3.63, 3.8) is 0 Å². The molecule has 11 rings (SSSR count). The summed E-state index contributed by atoms with van der Waals surface area (Å²) in [5.41, 5.74) is 36.7. The number of aliphatic hydroxyl groups is 5. The first-order chi connectivity index (χ1) is 48.9. The molecule has 0 aliphatic rings. The monoisotopic (exact) mass is 1410 g/mol. The minimum absolute atomic E-state index is 0.0125. The fraction of sp³-hybridized carbons (Fsp3) is 0.224. The maximum Gasteiger partial charge on any atom is 0.118 e. The molecule has 0 aliphatic carbocycles. The Balaban J connectivity index is 0.000000170. The van der Waals surface area contributed by atoms with Gasteiger partial charge in [-0.2, -0.15) is 0 Å². The molecule has 11 aromatic carbocycles. The number of ether oxygens (including phenoxy) is 2. The quantitative estimate of drug-likeness (QED) is 0.0191. The zero-order valence-electron chi connectivity index (χ0n) is 56.8. The molecule has 0 bridgehead atoms. The lowest BCUT2D eigenvalue weighted by Crippen LogP contribution is -2.34. The van der Waals surface area contributed by atoms with Gasteiger partial charge in [0, 0.05) is 47.2 Å². The van der Waals surface area contributed by atoms with Crippen LogP contribution >= 0.6 is 47.0 Å². The van der Waals surface area contributed by atoms with Gasteiger partial charge < -0.3 is 57.9 Å². The van der Waals surface area contributed by atoms with Crippen LogP contribution in [0.25, 0.3) is 0 Å². The van der Waals surface area contributed by atoms with Gasteiger partial charge >= 0.3 is 0 Å². The highest BCUT2D eigenvalue weighted by Crippen LogP contribution is 2.52. The second-order valence-electron chi connectivity index (χ2n) is 23.8. The van der Waals surface area contributed by atoms with Crippen LogP contribution in [0.15, 0.2) is 322 Å². The molecule has 13 N–H and O–H groups in total. The largest absolute Gasteiger partial charge is 0.497 e. The zero-order chi connectivity index (χ0) is 70.9. The Bertz CT molecular complexity index is 3630. The minimum atomic E-state index is -0.560. The molecule has 520 valence electrons. The van der Waals surface area contributed by atoms with Crippen LogP contribution in [-0.4, -0.2) is 120 Å². The summed E-state index contributed by atoms with van der Waals surface area (Å²) in [5, 5.41) is 47.6. The van der Waals surface area contributed by atoms with E-state index in [-0.39, 0.29) is 61.9 Å². The average Bonchev–Trinajstić information content (AvgIpc) is 0.773. The lowest BCUT2D eigenvalue weighted by atomic mass is 9.84. The normalized spacial score (nSPS) is 12.7. The smallest absolute Gasteiger partial charge is 0.118 e. The molecule has 4 atom stereocenters. The highest BCUT2D eigenvalue weighted by atomic mass is 32.2. The summed E-state index contributed by atoms with van der Waals surface area (Å²) in [6.45, 7) is -0.159. The van der Waals surface area contributed by atoms with Crippen molar-refractivity contribution in [2.45, 2.75) is 43.2 Å². The van der Waals surface area contributed by atoms with Crippen molar-refractivity contribution in [2.24, 2.45) is 22.9 Å². The second-order valence-corrected chi connectivity index (χ2v) is 28.8. The van der Waals surface area contributed by atoms with Gasteiger partial charge in [-0.3, -0.25) is 0 Å². The number of methoxy groups -OCH3 is 2. The molecule has 100 heavy (non-hydrogen) atoms. The third kappa shape index (κ3) is 20.0. The van der Waals surface area contributed by atoms with E-state index >= 15 is 0 Å². The minimum Gasteiger partial charge on any atom is -0.497 e. The van der Waals surface area contributed by atoms with Gasteiger partial charge in [0.1, 0.15) is 11.5 Å². The summed E-state index contributed by atoms with van der Waals surface area (Å²) < 4.78 is 8.92. The van der Waals surface area contributed by atoms with E-state index in [1.54, 1.807) is 61.3 Å². The standard InChI is InChI=1S/2C23H25NO2S.C22H23NOS.C17H21NO2S/c2*1-26-22-14-12-20(13-15-22)23(27-17-21(24)16-25,18-8-4-2-5-9-18)19-10-6-3-7-11-19;23-21(16-24)17-25-22(18-10-4-1-5-11-18,19-12-6-2-7-13-19)20-14-8-3-9-15-20;18-16(11-19)12-21-17(13-20,14-7-3-1-4-8-14)15-9-5-2-6-10-15/h2*2-15,21,25H,16-17,24H2,1H3;1-15,21,24H,16-17,23H2;1-10,16,19-20H,11-13,18H2/t3*21-;16-/m1011/s1. The van der Waals surface area contributed by atoms with Crippen LogP contribution in [0.4, 0.5) is 0 Å². The van der Waals surface area contributed by atoms with Gasteiger partial charge in [-0.15, -0.1) is 47.0 Å².